The summed E-state index contributed by atoms with van der Waals surface area (Å²) in [4.78, 5) is 27.6. The maximum absolute atomic E-state index is 12.8. The largest absolute Gasteiger partial charge is 0.427 e. The van der Waals surface area contributed by atoms with Crippen LogP contribution < -0.4 is 10.9 Å². The smallest absolute Gasteiger partial charge is 0.349 e. The van der Waals surface area contributed by atoms with E-state index in [2.05, 4.69) is 36.2 Å². The second kappa shape index (κ2) is 9.88. The van der Waals surface area contributed by atoms with Gasteiger partial charge >= 0.3 is 5.63 Å². The lowest BCUT2D eigenvalue weighted by Crippen LogP contribution is -2.48. The Labute approximate surface area is 173 Å². The minimum Gasteiger partial charge on any atom is -0.427 e. The molecular formula is C24H32N2O3. The van der Waals surface area contributed by atoms with Crippen molar-refractivity contribution in [2.45, 2.75) is 59.0 Å². The zero-order chi connectivity index (χ0) is 20.8. The molecule has 5 nitrogen and oxygen atoms in total. The molecule has 0 radical (unpaired) electrons. The number of piperidine rings is 1. The van der Waals surface area contributed by atoms with E-state index >= 15 is 0 Å². The van der Waals surface area contributed by atoms with Crippen LogP contribution in [-0.4, -0.2) is 29.9 Å². The number of carbonyl (C=O) groups excluding carboxylic acids is 1. The molecule has 0 aliphatic carbocycles. The lowest BCUT2D eigenvalue weighted by Gasteiger charge is -2.33. The summed E-state index contributed by atoms with van der Waals surface area (Å²) < 4.78 is 5.42. The van der Waals surface area contributed by atoms with Gasteiger partial charge in [-0.05, 0) is 55.8 Å². The number of benzene rings is 1. The molecule has 0 spiro atoms. The molecule has 2 aromatic rings. The molecule has 1 aromatic heterocycles. The number of carbonyl (C=O) groups is 1. The monoisotopic (exact) mass is 396 g/mol. The van der Waals surface area contributed by atoms with Crippen LogP contribution in [0.15, 0.2) is 45.6 Å². The Bertz CT molecular complexity index is 873. The maximum Gasteiger partial charge on any atom is 0.349 e. The van der Waals surface area contributed by atoms with Gasteiger partial charge in [0.15, 0.2) is 0 Å². The van der Waals surface area contributed by atoms with Crippen molar-refractivity contribution in [3.8, 4) is 0 Å². The second-order valence-electron chi connectivity index (χ2n) is 8.52. The van der Waals surface area contributed by atoms with Crippen LogP contribution in [0.3, 0.4) is 0 Å². The van der Waals surface area contributed by atoms with Crippen molar-refractivity contribution in [2.24, 2.45) is 5.92 Å². The molecule has 1 aliphatic rings. The third-order valence-electron chi connectivity index (χ3n) is 5.48. The molecule has 156 valence electrons. The number of likely N-dealkylation sites (tertiary alicyclic amines) is 1. The average molecular weight is 397 g/mol. The summed E-state index contributed by atoms with van der Waals surface area (Å²) in [5, 5.41) is 3.06. The molecule has 0 unspecified atom stereocenters. The van der Waals surface area contributed by atoms with E-state index in [9.17, 15) is 9.59 Å². The van der Waals surface area contributed by atoms with Crippen LogP contribution in [0.4, 0.5) is 0 Å². The minimum atomic E-state index is -0.529. The Kier molecular flexibility index (Phi) is 7.26. The highest BCUT2D eigenvalue weighted by atomic mass is 16.4. The van der Waals surface area contributed by atoms with Crippen LogP contribution in [0.2, 0.25) is 0 Å². The standard InChI is InChI=1S/C24H32N2O3/c1-17(2)11-12-21-14-18(3)22(24(28)29-21)23(27)25-20-10-7-13-26(16-20)15-19-8-5-4-6-9-19/h4-6,8-9,14,17,20H,7,10-13,15-16H2,1-3H3,(H,25,27)/t20-/m0/s1. The highest BCUT2D eigenvalue weighted by Crippen LogP contribution is 2.16. The van der Waals surface area contributed by atoms with Crippen molar-refractivity contribution in [1.82, 2.24) is 10.2 Å². The predicted molar refractivity (Wildman–Crippen MR) is 115 cm³/mol. The Hall–Kier alpha value is -2.40. The minimum absolute atomic E-state index is 0.0411. The molecule has 1 saturated heterocycles. The molecule has 1 N–H and O–H groups in total. The van der Waals surface area contributed by atoms with Gasteiger partial charge < -0.3 is 9.73 Å². The number of amides is 1. The van der Waals surface area contributed by atoms with Gasteiger partial charge in [-0.2, -0.15) is 0 Å². The Balaban J connectivity index is 1.62. The normalized spacial score (nSPS) is 17.4. The van der Waals surface area contributed by atoms with Gasteiger partial charge in [0.2, 0.25) is 0 Å². The van der Waals surface area contributed by atoms with E-state index in [0.29, 0.717) is 23.7 Å². The topological polar surface area (TPSA) is 62.6 Å². The van der Waals surface area contributed by atoms with E-state index in [0.717, 1.165) is 38.9 Å². The molecule has 29 heavy (non-hydrogen) atoms. The SMILES string of the molecule is Cc1cc(CCC(C)C)oc(=O)c1C(=O)N[C@H]1CCCN(Cc2ccccc2)C1. The fourth-order valence-corrected chi connectivity index (χ4v) is 3.92. The van der Waals surface area contributed by atoms with Crippen molar-refractivity contribution in [1.29, 1.82) is 0 Å². The number of nitrogens with one attached hydrogen (secondary N) is 1. The molecule has 2 heterocycles. The van der Waals surface area contributed by atoms with E-state index in [1.54, 1.807) is 0 Å². The lowest BCUT2D eigenvalue weighted by molar-refractivity contribution is 0.0895. The number of hydrogen-bond acceptors (Lipinski definition) is 4. The molecule has 3 rings (SSSR count). The van der Waals surface area contributed by atoms with Gasteiger partial charge in [0.05, 0.1) is 0 Å². The molecule has 1 atom stereocenters. The van der Waals surface area contributed by atoms with Crippen LogP contribution in [0.25, 0.3) is 0 Å². The molecule has 5 heteroatoms. The lowest BCUT2D eigenvalue weighted by atomic mass is 10.0. The zero-order valence-electron chi connectivity index (χ0n) is 17.7. The second-order valence-corrected chi connectivity index (χ2v) is 8.52. The highest BCUT2D eigenvalue weighted by molar-refractivity contribution is 5.95. The van der Waals surface area contributed by atoms with E-state index < -0.39 is 5.63 Å². The number of rotatable bonds is 7. The van der Waals surface area contributed by atoms with E-state index in [1.165, 1.54) is 5.56 Å². The Morgan fingerprint density at radius 3 is 2.72 bits per heavy atom. The first kappa shape index (κ1) is 21.3. The Morgan fingerprint density at radius 2 is 2.03 bits per heavy atom. The molecule has 1 amide bonds. The predicted octanol–water partition coefficient (Wildman–Crippen LogP) is 3.93. The van der Waals surface area contributed by atoms with Gasteiger partial charge in [-0.15, -0.1) is 0 Å². The van der Waals surface area contributed by atoms with Crippen LogP contribution in [0.1, 0.15) is 60.4 Å². The number of hydrogen-bond donors (Lipinski definition) is 1. The van der Waals surface area contributed by atoms with Gasteiger partial charge in [0.1, 0.15) is 11.3 Å². The number of nitrogens with zero attached hydrogens (tertiary/aromatic N) is 1. The van der Waals surface area contributed by atoms with Crippen molar-refractivity contribution < 1.29 is 9.21 Å². The van der Waals surface area contributed by atoms with Crippen LogP contribution >= 0.6 is 0 Å². The van der Waals surface area contributed by atoms with Crippen molar-refractivity contribution >= 4 is 5.91 Å². The first-order valence-corrected chi connectivity index (χ1v) is 10.6. The first-order valence-electron chi connectivity index (χ1n) is 10.6. The van der Waals surface area contributed by atoms with Gasteiger partial charge in [-0.25, -0.2) is 4.79 Å². The van der Waals surface area contributed by atoms with Gasteiger partial charge in [0, 0.05) is 25.6 Å². The summed E-state index contributed by atoms with van der Waals surface area (Å²) in [6.07, 6.45) is 3.62. The fraction of sp³-hybridized carbons (Fsp3) is 0.500. The summed E-state index contributed by atoms with van der Waals surface area (Å²) in [7, 11) is 0. The van der Waals surface area contributed by atoms with Gasteiger partial charge in [-0.1, -0.05) is 44.2 Å². The van der Waals surface area contributed by atoms with Crippen molar-refractivity contribution in [3.63, 3.8) is 0 Å². The van der Waals surface area contributed by atoms with Crippen molar-refractivity contribution in [3.05, 3.63) is 69.3 Å². The molecule has 0 saturated carbocycles. The average Bonchev–Trinajstić information content (AvgIpc) is 2.67. The summed E-state index contributed by atoms with van der Waals surface area (Å²) in [5.74, 6) is 0.872. The van der Waals surface area contributed by atoms with Crippen LogP contribution in [-0.2, 0) is 13.0 Å². The summed E-state index contributed by atoms with van der Waals surface area (Å²) in [5.41, 5.74) is 1.57. The van der Waals surface area contributed by atoms with E-state index in [-0.39, 0.29) is 17.5 Å². The fourth-order valence-electron chi connectivity index (χ4n) is 3.92. The highest BCUT2D eigenvalue weighted by Gasteiger charge is 2.24. The van der Waals surface area contributed by atoms with Crippen LogP contribution in [0.5, 0.6) is 0 Å². The Morgan fingerprint density at radius 1 is 1.28 bits per heavy atom. The zero-order valence-corrected chi connectivity index (χ0v) is 17.7. The quantitative estimate of drug-likeness (QED) is 0.770. The summed E-state index contributed by atoms with van der Waals surface area (Å²) in [6, 6.07) is 12.2. The molecule has 0 bridgehead atoms. The van der Waals surface area contributed by atoms with Crippen LogP contribution in [0, 0.1) is 12.8 Å². The van der Waals surface area contributed by atoms with Gasteiger partial charge in [-0.3, -0.25) is 9.69 Å². The van der Waals surface area contributed by atoms with Gasteiger partial charge in [0.25, 0.3) is 5.91 Å². The molecule has 1 aromatic carbocycles. The third kappa shape index (κ3) is 6.04. The first-order chi connectivity index (χ1) is 13.9. The van der Waals surface area contributed by atoms with Crippen molar-refractivity contribution in [2.75, 3.05) is 13.1 Å². The summed E-state index contributed by atoms with van der Waals surface area (Å²) >= 11 is 0. The molecule has 1 aliphatic heterocycles. The summed E-state index contributed by atoms with van der Waals surface area (Å²) in [6.45, 7) is 8.77. The molecule has 1 fully saturated rings. The van der Waals surface area contributed by atoms with E-state index in [1.807, 2.05) is 31.2 Å². The van der Waals surface area contributed by atoms with E-state index in [4.69, 9.17) is 4.42 Å². The maximum atomic E-state index is 12.8. The third-order valence-corrected chi connectivity index (χ3v) is 5.48. The number of aryl methyl sites for hydroxylation is 2. The molecular weight excluding hydrogens is 364 g/mol.